The van der Waals surface area contributed by atoms with Gasteiger partial charge in [-0.1, -0.05) is 88.7 Å². The fourth-order valence-electron chi connectivity index (χ4n) is 7.48. The molecule has 0 radical (unpaired) electrons. The van der Waals surface area contributed by atoms with Gasteiger partial charge in [0.2, 0.25) is 11.8 Å². The Kier molecular flexibility index (Phi) is 8.22. The minimum atomic E-state index is -1.28. The number of hydrogen-bond donors (Lipinski definition) is 1. The van der Waals surface area contributed by atoms with Crippen molar-refractivity contribution in [3.05, 3.63) is 104 Å². The Balaban J connectivity index is 1.50. The molecule has 0 aliphatic carbocycles. The van der Waals surface area contributed by atoms with Crippen molar-refractivity contribution in [3.63, 3.8) is 0 Å². The second-order valence-corrected chi connectivity index (χ2v) is 13.0. The third-order valence-electron chi connectivity index (χ3n) is 9.34. The van der Waals surface area contributed by atoms with E-state index >= 15 is 4.79 Å². The molecule has 3 aliphatic rings. The van der Waals surface area contributed by atoms with Crippen LogP contribution in [0.15, 0.2) is 98.1 Å². The van der Waals surface area contributed by atoms with Gasteiger partial charge < -0.3 is 24.5 Å². The van der Waals surface area contributed by atoms with E-state index in [0.29, 0.717) is 24.2 Å². The van der Waals surface area contributed by atoms with Crippen molar-refractivity contribution in [1.82, 2.24) is 9.80 Å². The number of ether oxygens (including phenoxy) is 1. The molecule has 2 bridgehead atoms. The number of likely N-dealkylation sites (tertiary alicyclic amines) is 1. The van der Waals surface area contributed by atoms with Gasteiger partial charge >= 0.3 is 0 Å². The molecule has 3 aromatic rings. The molecular weight excluding hydrogens is 622 g/mol. The highest BCUT2D eigenvalue weighted by Gasteiger charge is 2.77. The van der Waals surface area contributed by atoms with E-state index in [1.165, 1.54) is 4.90 Å². The maximum absolute atomic E-state index is 15.0. The molecule has 3 aromatic carbocycles. The minimum absolute atomic E-state index is 0.192. The quantitative estimate of drug-likeness (QED) is 0.256. The van der Waals surface area contributed by atoms with E-state index in [4.69, 9.17) is 4.74 Å². The van der Waals surface area contributed by atoms with Gasteiger partial charge in [-0.05, 0) is 34.9 Å². The second-order valence-electron chi connectivity index (χ2n) is 11.8. The average molecular weight is 659 g/mol. The lowest BCUT2D eigenvalue weighted by Crippen LogP contribution is -2.57. The monoisotopic (exact) mass is 657 g/mol. The van der Waals surface area contributed by atoms with Crippen LogP contribution in [0.1, 0.15) is 18.0 Å². The van der Waals surface area contributed by atoms with Gasteiger partial charge in [0.1, 0.15) is 11.6 Å². The van der Waals surface area contributed by atoms with Crippen LogP contribution in [0.25, 0.3) is 10.8 Å². The predicted molar refractivity (Wildman–Crippen MR) is 173 cm³/mol. The van der Waals surface area contributed by atoms with Crippen LogP contribution < -0.4 is 4.90 Å². The molecule has 3 aliphatic heterocycles. The number of amides is 3. The first kappa shape index (κ1) is 30.2. The third-order valence-corrected chi connectivity index (χ3v) is 10.2. The molecule has 6 rings (SSSR count). The number of nitrogens with zero attached hydrogens (tertiary/aromatic N) is 3. The molecule has 3 fully saturated rings. The largest absolute Gasteiger partial charge is 0.394 e. The number of aliphatic hydroxyl groups excluding tert-OH is 1. The molecule has 1 spiro atoms. The number of carbonyl (C=O) groups excluding carboxylic acids is 3. The van der Waals surface area contributed by atoms with Crippen LogP contribution in [0.4, 0.5) is 5.69 Å². The molecule has 3 amide bonds. The number of anilines is 1. The topological polar surface area (TPSA) is 90.4 Å². The lowest BCUT2D eigenvalue weighted by Gasteiger charge is -2.39. The van der Waals surface area contributed by atoms with Crippen molar-refractivity contribution in [2.24, 2.45) is 11.8 Å². The van der Waals surface area contributed by atoms with E-state index in [-0.39, 0.29) is 29.1 Å². The van der Waals surface area contributed by atoms with E-state index in [0.717, 1.165) is 10.8 Å². The zero-order valence-corrected chi connectivity index (χ0v) is 26.2. The molecule has 9 heteroatoms. The normalized spacial score (nSPS) is 27.7. The molecule has 0 saturated carbocycles. The van der Waals surface area contributed by atoms with Crippen molar-refractivity contribution in [2.75, 3.05) is 31.6 Å². The second kappa shape index (κ2) is 12.0. The number of fused-ring (bicyclic) bond motifs is 2. The zero-order chi connectivity index (χ0) is 31.2. The maximum atomic E-state index is 15.0. The van der Waals surface area contributed by atoms with E-state index in [2.05, 4.69) is 29.1 Å². The van der Waals surface area contributed by atoms with Gasteiger partial charge in [0.25, 0.3) is 5.91 Å². The van der Waals surface area contributed by atoms with Gasteiger partial charge in [0.15, 0.2) is 0 Å². The Hall–Kier alpha value is -3.79. The lowest BCUT2D eigenvalue weighted by atomic mass is 9.70. The maximum Gasteiger partial charge on any atom is 0.253 e. The fraction of sp³-hybridized carbons (Fsp3) is 0.343. The van der Waals surface area contributed by atoms with Crippen LogP contribution in [0.5, 0.6) is 0 Å². The third kappa shape index (κ3) is 4.69. The Bertz CT molecular complexity index is 1610. The van der Waals surface area contributed by atoms with E-state index < -0.39 is 42.2 Å². The smallest absolute Gasteiger partial charge is 0.253 e. The molecule has 3 unspecified atom stereocenters. The lowest BCUT2D eigenvalue weighted by molar-refractivity contribution is -0.147. The molecule has 228 valence electrons. The van der Waals surface area contributed by atoms with Gasteiger partial charge in [-0.15, -0.1) is 13.2 Å². The summed E-state index contributed by atoms with van der Waals surface area (Å²) in [7, 11) is 1.68. The number of benzene rings is 3. The van der Waals surface area contributed by atoms with Gasteiger partial charge in [-0.3, -0.25) is 14.4 Å². The van der Waals surface area contributed by atoms with Gasteiger partial charge in [-0.2, -0.15) is 0 Å². The molecule has 3 heterocycles. The number of carbonyl (C=O) groups is 3. The van der Waals surface area contributed by atoms with Crippen LogP contribution in [-0.2, 0) is 19.1 Å². The van der Waals surface area contributed by atoms with Crippen molar-refractivity contribution in [2.45, 2.75) is 35.0 Å². The summed E-state index contributed by atoms with van der Waals surface area (Å²) >= 11 is 3.74. The number of likely N-dealkylation sites (N-methyl/N-ethyl adjacent to an activating group) is 1. The number of aliphatic hydroxyl groups is 1. The molecule has 1 N–H and O–H groups in total. The Morgan fingerprint density at radius 1 is 1.05 bits per heavy atom. The highest BCUT2D eigenvalue weighted by atomic mass is 79.9. The first-order valence-electron chi connectivity index (χ1n) is 14.8. The van der Waals surface area contributed by atoms with Crippen molar-refractivity contribution in [3.8, 4) is 0 Å². The summed E-state index contributed by atoms with van der Waals surface area (Å²) in [6.45, 7) is 7.77. The van der Waals surface area contributed by atoms with Gasteiger partial charge in [0, 0.05) is 30.7 Å². The summed E-state index contributed by atoms with van der Waals surface area (Å²) in [5, 5.41) is 12.8. The first-order valence-corrected chi connectivity index (χ1v) is 15.8. The molecule has 0 aromatic heterocycles. The van der Waals surface area contributed by atoms with Crippen LogP contribution in [0, 0.1) is 11.8 Å². The van der Waals surface area contributed by atoms with Crippen LogP contribution in [-0.4, -0.2) is 81.9 Å². The predicted octanol–water partition coefficient (Wildman–Crippen LogP) is 4.48. The van der Waals surface area contributed by atoms with Crippen molar-refractivity contribution in [1.29, 1.82) is 0 Å². The van der Waals surface area contributed by atoms with Crippen molar-refractivity contribution >= 4 is 50.1 Å². The summed E-state index contributed by atoms with van der Waals surface area (Å²) < 4.78 is 6.72. The number of rotatable bonds is 10. The molecule has 8 nitrogen and oxygen atoms in total. The Morgan fingerprint density at radius 3 is 2.41 bits per heavy atom. The minimum Gasteiger partial charge on any atom is -0.394 e. The van der Waals surface area contributed by atoms with Crippen LogP contribution >= 0.6 is 15.9 Å². The number of alkyl halides is 1. The van der Waals surface area contributed by atoms with Gasteiger partial charge in [0.05, 0.1) is 30.6 Å². The average Bonchev–Trinajstić information content (AvgIpc) is 3.63. The summed E-state index contributed by atoms with van der Waals surface area (Å²) in [6.07, 6.45) is 3.07. The molecular formula is C35H36BrN3O5. The Morgan fingerprint density at radius 2 is 1.73 bits per heavy atom. The van der Waals surface area contributed by atoms with Gasteiger partial charge in [-0.25, -0.2) is 0 Å². The first-order chi connectivity index (χ1) is 21.3. The summed E-state index contributed by atoms with van der Waals surface area (Å²) in [4.78, 5) is 48.0. The highest BCUT2D eigenvalue weighted by Crippen LogP contribution is 2.61. The van der Waals surface area contributed by atoms with Crippen molar-refractivity contribution < 1.29 is 24.2 Å². The standard InChI is InChI=1S/C35H36BrN3O5/c1-4-17-37(3)32(41)28-29-33(42)39(27(21-40)23-12-7-6-8-13-23)31(35(29)20-26(36)30(28)44-35)34(43)38(18-5-2)25-16-15-22-11-9-10-14-24(22)19-25/h4-16,19,26-31,40H,1-2,17-18,20-21H2,3H3/t26?,27-,28+,29+,30+,31?,35?/m1/s1. The van der Waals surface area contributed by atoms with Crippen LogP contribution in [0.3, 0.4) is 0 Å². The van der Waals surface area contributed by atoms with E-state index in [9.17, 15) is 14.7 Å². The highest BCUT2D eigenvalue weighted by molar-refractivity contribution is 9.09. The summed E-state index contributed by atoms with van der Waals surface area (Å²) in [6, 6.07) is 21.0. The van der Waals surface area contributed by atoms with Crippen LogP contribution in [0.2, 0.25) is 0 Å². The summed E-state index contributed by atoms with van der Waals surface area (Å²) in [5.41, 5.74) is 0.0679. The number of halogens is 1. The van der Waals surface area contributed by atoms with E-state index in [1.54, 1.807) is 29.0 Å². The number of hydrogen-bond acceptors (Lipinski definition) is 5. The molecule has 3 saturated heterocycles. The van der Waals surface area contributed by atoms with E-state index in [1.807, 2.05) is 72.8 Å². The summed E-state index contributed by atoms with van der Waals surface area (Å²) in [5.74, 6) is -2.64. The zero-order valence-electron chi connectivity index (χ0n) is 24.6. The SMILES string of the molecule is C=CCN(C)C(=O)[C@H]1[C@H]2C(=O)N([C@H](CO)c3ccccc3)C(C(=O)N(CC=C)c3ccc4ccccc4c3)C23CC(Br)[C@@H]1O3. The Labute approximate surface area is 265 Å². The molecule has 7 atom stereocenters. The molecule has 44 heavy (non-hydrogen) atoms. The fourth-order valence-corrected chi connectivity index (χ4v) is 8.42.